The van der Waals surface area contributed by atoms with E-state index in [1.807, 2.05) is 24.3 Å². The molecular formula is C11H10BrN3O. The first-order chi connectivity index (χ1) is 7.61. The van der Waals surface area contributed by atoms with Gasteiger partial charge in [-0.1, -0.05) is 34.1 Å². The fourth-order valence-corrected chi connectivity index (χ4v) is 1.95. The van der Waals surface area contributed by atoms with Gasteiger partial charge < -0.3 is 5.73 Å². The summed E-state index contributed by atoms with van der Waals surface area (Å²) >= 11 is 3.42. The Morgan fingerprint density at radius 1 is 1.31 bits per heavy atom. The lowest BCUT2D eigenvalue weighted by Gasteiger charge is -2.07. The van der Waals surface area contributed by atoms with E-state index in [2.05, 4.69) is 21.0 Å². The minimum Gasteiger partial charge on any atom is -0.394 e. The molecule has 1 aromatic carbocycles. The Hall–Kier alpha value is -1.62. The van der Waals surface area contributed by atoms with Crippen LogP contribution in [0.2, 0.25) is 0 Å². The fourth-order valence-electron chi connectivity index (χ4n) is 1.45. The van der Waals surface area contributed by atoms with Gasteiger partial charge in [0.25, 0.3) is 5.56 Å². The van der Waals surface area contributed by atoms with E-state index in [4.69, 9.17) is 5.73 Å². The Balaban J connectivity index is 2.71. The third-order valence-corrected chi connectivity index (χ3v) is 3.03. The molecule has 0 aliphatic rings. The van der Waals surface area contributed by atoms with Gasteiger partial charge in [-0.05, 0) is 11.6 Å². The summed E-state index contributed by atoms with van der Waals surface area (Å²) in [6.07, 6.45) is 1.59. The van der Waals surface area contributed by atoms with Crippen molar-refractivity contribution in [3.8, 4) is 11.1 Å². The standard InChI is InChI=1S/C11H10BrN3O/c1-15-11(16)10(13)8(6-14-15)7-4-2-3-5-9(7)12/h2-6H,13H2,1H3. The highest BCUT2D eigenvalue weighted by Gasteiger charge is 2.10. The van der Waals surface area contributed by atoms with Crippen LogP contribution in [0.5, 0.6) is 0 Å². The molecule has 2 rings (SSSR count). The van der Waals surface area contributed by atoms with E-state index in [9.17, 15) is 4.79 Å². The molecule has 0 spiro atoms. The Kier molecular flexibility index (Phi) is 2.78. The zero-order valence-corrected chi connectivity index (χ0v) is 10.2. The van der Waals surface area contributed by atoms with Crippen molar-refractivity contribution in [3.63, 3.8) is 0 Å². The summed E-state index contributed by atoms with van der Waals surface area (Å²) in [5, 5.41) is 3.96. The highest BCUT2D eigenvalue weighted by molar-refractivity contribution is 9.10. The van der Waals surface area contributed by atoms with Crippen molar-refractivity contribution in [2.24, 2.45) is 7.05 Å². The van der Waals surface area contributed by atoms with Gasteiger partial charge in [0.2, 0.25) is 0 Å². The summed E-state index contributed by atoms with van der Waals surface area (Å²) in [5.74, 6) is 0. The van der Waals surface area contributed by atoms with Gasteiger partial charge >= 0.3 is 0 Å². The van der Waals surface area contributed by atoms with Gasteiger partial charge in [0, 0.05) is 17.1 Å². The lowest BCUT2D eigenvalue weighted by atomic mass is 10.1. The minimum atomic E-state index is -0.284. The highest BCUT2D eigenvalue weighted by Crippen LogP contribution is 2.29. The molecule has 0 amide bonds. The molecule has 1 heterocycles. The Labute approximate surface area is 101 Å². The number of aryl methyl sites for hydroxylation is 1. The first kappa shape index (κ1) is 10.9. The van der Waals surface area contributed by atoms with Crippen LogP contribution in [0, 0.1) is 0 Å². The minimum absolute atomic E-state index is 0.212. The largest absolute Gasteiger partial charge is 0.394 e. The molecule has 0 saturated carbocycles. The first-order valence-corrected chi connectivity index (χ1v) is 5.47. The first-order valence-electron chi connectivity index (χ1n) is 4.68. The quantitative estimate of drug-likeness (QED) is 0.866. The fraction of sp³-hybridized carbons (Fsp3) is 0.0909. The second kappa shape index (κ2) is 4.09. The number of nitrogen functional groups attached to an aromatic ring is 1. The van der Waals surface area contributed by atoms with Crippen molar-refractivity contribution in [1.82, 2.24) is 9.78 Å². The molecule has 82 valence electrons. The molecule has 0 bridgehead atoms. The molecule has 0 aliphatic heterocycles. The van der Waals surface area contributed by atoms with Crippen molar-refractivity contribution >= 4 is 21.6 Å². The second-order valence-corrected chi connectivity index (χ2v) is 4.23. The van der Waals surface area contributed by atoms with Crippen LogP contribution in [-0.4, -0.2) is 9.78 Å². The third-order valence-electron chi connectivity index (χ3n) is 2.34. The normalized spacial score (nSPS) is 10.4. The number of nitrogens with zero attached hydrogens (tertiary/aromatic N) is 2. The van der Waals surface area contributed by atoms with Crippen molar-refractivity contribution in [1.29, 1.82) is 0 Å². The molecule has 16 heavy (non-hydrogen) atoms. The molecule has 0 unspecified atom stereocenters. The highest BCUT2D eigenvalue weighted by atomic mass is 79.9. The number of rotatable bonds is 1. The van der Waals surface area contributed by atoms with E-state index < -0.39 is 0 Å². The van der Waals surface area contributed by atoms with Crippen LogP contribution in [0.1, 0.15) is 0 Å². The van der Waals surface area contributed by atoms with Crippen molar-refractivity contribution in [2.45, 2.75) is 0 Å². The number of benzene rings is 1. The molecular weight excluding hydrogens is 270 g/mol. The Morgan fingerprint density at radius 3 is 2.69 bits per heavy atom. The molecule has 0 aliphatic carbocycles. The summed E-state index contributed by atoms with van der Waals surface area (Å²) in [4.78, 5) is 11.6. The molecule has 0 fully saturated rings. The van der Waals surface area contributed by atoms with Gasteiger partial charge in [0.05, 0.1) is 6.20 Å². The lowest BCUT2D eigenvalue weighted by molar-refractivity contribution is 0.711. The van der Waals surface area contributed by atoms with Crippen LogP contribution in [-0.2, 0) is 7.05 Å². The molecule has 2 aromatic rings. The SMILES string of the molecule is Cn1ncc(-c2ccccc2Br)c(N)c1=O. The number of hydrogen-bond acceptors (Lipinski definition) is 3. The smallest absolute Gasteiger partial charge is 0.290 e. The molecule has 4 nitrogen and oxygen atoms in total. The molecule has 0 atom stereocenters. The maximum atomic E-state index is 11.6. The summed E-state index contributed by atoms with van der Waals surface area (Å²) in [5.41, 5.74) is 7.23. The van der Waals surface area contributed by atoms with Gasteiger partial charge in [0.1, 0.15) is 5.69 Å². The monoisotopic (exact) mass is 279 g/mol. The van der Waals surface area contributed by atoms with Crippen LogP contribution in [0.15, 0.2) is 39.7 Å². The number of hydrogen-bond donors (Lipinski definition) is 1. The lowest BCUT2D eigenvalue weighted by Crippen LogP contribution is -2.23. The van der Waals surface area contributed by atoms with Crippen molar-refractivity contribution in [3.05, 3.63) is 45.3 Å². The van der Waals surface area contributed by atoms with Crippen LogP contribution in [0.25, 0.3) is 11.1 Å². The number of anilines is 1. The summed E-state index contributed by atoms with van der Waals surface area (Å²) < 4.78 is 2.10. The van der Waals surface area contributed by atoms with Gasteiger partial charge in [-0.3, -0.25) is 4.79 Å². The van der Waals surface area contributed by atoms with Crippen LogP contribution >= 0.6 is 15.9 Å². The van der Waals surface area contributed by atoms with E-state index in [0.29, 0.717) is 5.56 Å². The summed E-state index contributed by atoms with van der Waals surface area (Å²) in [6.45, 7) is 0. The average molecular weight is 280 g/mol. The zero-order valence-electron chi connectivity index (χ0n) is 8.64. The Morgan fingerprint density at radius 2 is 2.00 bits per heavy atom. The van der Waals surface area contributed by atoms with Crippen LogP contribution in [0.4, 0.5) is 5.69 Å². The van der Waals surface area contributed by atoms with E-state index in [0.717, 1.165) is 10.0 Å². The Bertz CT molecular complexity index is 592. The topological polar surface area (TPSA) is 60.9 Å². The number of halogens is 1. The number of nitrogens with two attached hydrogens (primary N) is 1. The van der Waals surface area contributed by atoms with E-state index >= 15 is 0 Å². The number of aromatic nitrogens is 2. The second-order valence-electron chi connectivity index (χ2n) is 3.38. The molecule has 1 aromatic heterocycles. The van der Waals surface area contributed by atoms with Gasteiger partial charge in [-0.25, -0.2) is 4.68 Å². The summed E-state index contributed by atoms with van der Waals surface area (Å²) in [7, 11) is 1.57. The van der Waals surface area contributed by atoms with Gasteiger partial charge in [-0.2, -0.15) is 5.10 Å². The van der Waals surface area contributed by atoms with Crippen LogP contribution in [0.3, 0.4) is 0 Å². The molecule has 0 radical (unpaired) electrons. The zero-order chi connectivity index (χ0) is 11.7. The van der Waals surface area contributed by atoms with Crippen molar-refractivity contribution in [2.75, 3.05) is 5.73 Å². The molecule has 2 N–H and O–H groups in total. The maximum Gasteiger partial charge on any atom is 0.290 e. The summed E-state index contributed by atoms with van der Waals surface area (Å²) in [6, 6.07) is 7.57. The van der Waals surface area contributed by atoms with E-state index in [1.54, 1.807) is 13.2 Å². The third kappa shape index (κ3) is 1.74. The van der Waals surface area contributed by atoms with Crippen molar-refractivity contribution < 1.29 is 0 Å². The average Bonchev–Trinajstić information content (AvgIpc) is 2.28. The van der Waals surface area contributed by atoms with E-state index in [1.165, 1.54) is 4.68 Å². The molecule has 0 saturated heterocycles. The van der Waals surface area contributed by atoms with E-state index in [-0.39, 0.29) is 11.2 Å². The van der Waals surface area contributed by atoms with Gasteiger partial charge in [-0.15, -0.1) is 0 Å². The molecule has 5 heteroatoms. The predicted molar refractivity (Wildman–Crippen MR) is 67.0 cm³/mol. The van der Waals surface area contributed by atoms with Crippen LogP contribution < -0.4 is 11.3 Å². The predicted octanol–water partition coefficient (Wildman–Crippen LogP) is 1.79. The maximum absolute atomic E-state index is 11.6. The van der Waals surface area contributed by atoms with Gasteiger partial charge in [0.15, 0.2) is 0 Å².